The molecule has 3 aliphatic carbocycles. The Kier molecular flexibility index (Phi) is 4.50. The van der Waals surface area contributed by atoms with E-state index in [0.29, 0.717) is 6.04 Å². The van der Waals surface area contributed by atoms with Crippen molar-refractivity contribution in [2.75, 3.05) is 39.8 Å². The van der Waals surface area contributed by atoms with Gasteiger partial charge >= 0.3 is 6.03 Å². The number of hydrogen-bond donors (Lipinski definition) is 1. The Hall–Kier alpha value is -0.810. The number of nitrogens with zero attached hydrogens (tertiary/aromatic N) is 2. The first kappa shape index (κ1) is 15.7. The van der Waals surface area contributed by atoms with Crippen molar-refractivity contribution in [2.45, 2.75) is 50.7 Å². The van der Waals surface area contributed by atoms with Crippen LogP contribution in [-0.2, 0) is 4.74 Å². The molecule has 0 spiro atoms. The molecule has 4 rings (SSSR count). The Labute approximate surface area is 139 Å². The van der Waals surface area contributed by atoms with Crippen molar-refractivity contribution in [1.82, 2.24) is 15.1 Å². The van der Waals surface area contributed by atoms with Gasteiger partial charge in [-0.1, -0.05) is 0 Å². The van der Waals surface area contributed by atoms with E-state index < -0.39 is 0 Å². The Morgan fingerprint density at radius 1 is 1.17 bits per heavy atom. The number of nitrogens with one attached hydrogen (secondary N) is 1. The van der Waals surface area contributed by atoms with Gasteiger partial charge in [0.15, 0.2) is 0 Å². The van der Waals surface area contributed by atoms with Crippen LogP contribution in [0.4, 0.5) is 4.79 Å². The van der Waals surface area contributed by atoms with Gasteiger partial charge < -0.3 is 19.9 Å². The van der Waals surface area contributed by atoms with Crippen LogP contribution >= 0.6 is 0 Å². The zero-order valence-electron chi connectivity index (χ0n) is 14.4. The Bertz CT molecular complexity index is 420. The Morgan fingerprint density at radius 3 is 2.43 bits per heavy atom. The molecule has 1 aliphatic heterocycles. The van der Waals surface area contributed by atoms with E-state index in [1.54, 1.807) is 0 Å². The number of likely N-dealkylation sites (N-methyl/N-ethyl adjacent to an activating group) is 1. The average molecular weight is 321 g/mol. The van der Waals surface area contributed by atoms with Gasteiger partial charge in [-0.3, -0.25) is 0 Å². The van der Waals surface area contributed by atoms with E-state index in [4.69, 9.17) is 4.74 Å². The lowest BCUT2D eigenvalue weighted by molar-refractivity contribution is -0.0310. The van der Waals surface area contributed by atoms with Crippen LogP contribution in [0.15, 0.2) is 0 Å². The molecule has 4 fully saturated rings. The molecular formula is C18H31N3O2. The summed E-state index contributed by atoms with van der Waals surface area (Å²) in [5, 5.41) is 3.39. The lowest BCUT2D eigenvalue weighted by Gasteiger charge is -2.34. The number of carbonyl (C=O) groups excluding carboxylic acids is 1. The molecule has 0 aromatic rings. The highest BCUT2D eigenvalue weighted by atomic mass is 16.5. The highest BCUT2D eigenvalue weighted by Gasteiger charge is 2.43. The first-order chi connectivity index (χ1) is 11.2. The van der Waals surface area contributed by atoms with Crippen molar-refractivity contribution in [3.8, 4) is 0 Å². The average Bonchev–Trinajstić information content (AvgIpc) is 3.37. The molecule has 5 heteroatoms. The summed E-state index contributed by atoms with van der Waals surface area (Å²) in [5.74, 6) is 2.24. The molecule has 1 N–H and O–H groups in total. The van der Waals surface area contributed by atoms with Crippen molar-refractivity contribution in [3.05, 3.63) is 0 Å². The first-order valence-corrected chi connectivity index (χ1v) is 9.54. The fourth-order valence-corrected chi connectivity index (χ4v) is 3.84. The van der Waals surface area contributed by atoms with Crippen LogP contribution in [0.2, 0.25) is 0 Å². The fourth-order valence-electron chi connectivity index (χ4n) is 3.84. The van der Waals surface area contributed by atoms with E-state index >= 15 is 0 Å². The summed E-state index contributed by atoms with van der Waals surface area (Å²) in [4.78, 5) is 17.2. The predicted molar refractivity (Wildman–Crippen MR) is 89.3 cm³/mol. The molecule has 1 unspecified atom stereocenters. The van der Waals surface area contributed by atoms with Gasteiger partial charge in [-0.25, -0.2) is 4.79 Å². The van der Waals surface area contributed by atoms with Crippen molar-refractivity contribution in [3.63, 3.8) is 0 Å². The molecule has 1 atom stereocenters. The first-order valence-electron chi connectivity index (χ1n) is 9.54. The van der Waals surface area contributed by atoms with E-state index in [1.165, 1.54) is 38.5 Å². The maximum atomic E-state index is 12.9. The van der Waals surface area contributed by atoms with Gasteiger partial charge in [-0.2, -0.15) is 0 Å². The maximum Gasteiger partial charge on any atom is 0.317 e. The largest absolute Gasteiger partial charge is 0.374 e. The highest BCUT2D eigenvalue weighted by molar-refractivity contribution is 5.74. The van der Waals surface area contributed by atoms with Crippen molar-refractivity contribution in [1.29, 1.82) is 0 Å². The monoisotopic (exact) mass is 321 g/mol. The second-order valence-electron chi connectivity index (χ2n) is 8.25. The highest BCUT2D eigenvalue weighted by Crippen LogP contribution is 2.44. The topological polar surface area (TPSA) is 44.8 Å². The molecule has 130 valence electrons. The number of ether oxygens (including phenoxy) is 1. The summed E-state index contributed by atoms with van der Waals surface area (Å²) in [7, 11) is 2.14. The van der Waals surface area contributed by atoms with Crippen LogP contribution in [0, 0.1) is 17.8 Å². The fraction of sp³-hybridized carbons (Fsp3) is 0.944. The third kappa shape index (κ3) is 4.38. The standard InChI is InChI=1S/C18H31N3O2/c1-20-8-9-23-16(11-20)12-21(10-13-2-3-13)18(22)19-17(14-4-5-14)15-6-7-15/h13-17H,2-12H2,1H3,(H,19,22). The summed E-state index contributed by atoms with van der Waals surface area (Å²) in [6.07, 6.45) is 7.95. The second kappa shape index (κ2) is 6.60. The molecule has 0 aromatic carbocycles. The third-order valence-corrected chi connectivity index (χ3v) is 5.78. The van der Waals surface area contributed by atoms with Gasteiger partial charge in [0.05, 0.1) is 12.7 Å². The number of carbonyl (C=O) groups is 1. The molecule has 5 nitrogen and oxygen atoms in total. The quantitative estimate of drug-likeness (QED) is 0.779. The Balaban J connectivity index is 1.34. The smallest absolute Gasteiger partial charge is 0.317 e. The minimum atomic E-state index is 0.164. The number of amides is 2. The van der Waals surface area contributed by atoms with E-state index in [1.807, 2.05) is 0 Å². The van der Waals surface area contributed by atoms with E-state index in [2.05, 4.69) is 22.2 Å². The van der Waals surface area contributed by atoms with Crippen LogP contribution in [0.25, 0.3) is 0 Å². The lowest BCUT2D eigenvalue weighted by atomic mass is 10.1. The molecule has 0 radical (unpaired) electrons. The van der Waals surface area contributed by atoms with E-state index in [0.717, 1.165) is 50.5 Å². The van der Waals surface area contributed by atoms with Gasteiger partial charge in [0, 0.05) is 32.2 Å². The van der Waals surface area contributed by atoms with Crippen molar-refractivity contribution < 1.29 is 9.53 Å². The van der Waals surface area contributed by atoms with Gasteiger partial charge in [-0.15, -0.1) is 0 Å². The summed E-state index contributed by atoms with van der Waals surface area (Å²) >= 11 is 0. The molecule has 0 bridgehead atoms. The van der Waals surface area contributed by atoms with Gasteiger partial charge in [0.1, 0.15) is 0 Å². The molecular weight excluding hydrogens is 290 g/mol. The number of morpholine rings is 1. The number of urea groups is 1. The number of hydrogen-bond acceptors (Lipinski definition) is 3. The molecule has 23 heavy (non-hydrogen) atoms. The van der Waals surface area contributed by atoms with E-state index in [-0.39, 0.29) is 12.1 Å². The normalized spacial score (nSPS) is 28.9. The van der Waals surface area contributed by atoms with Crippen LogP contribution < -0.4 is 5.32 Å². The molecule has 1 saturated heterocycles. The molecule has 1 heterocycles. The lowest BCUT2D eigenvalue weighted by Crippen LogP contribution is -2.52. The number of rotatable bonds is 7. The second-order valence-corrected chi connectivity index (χ2v) is 8.25. The predicted octanol–water partition coefficient (Wildman–Crippen LogP) is 1.93. The van der Waals surface area contributed by atoms with Crippen molar-refractivity contribution in [2.24, 2.45) is 17.8 Å². The van der Waals surface area contributed by atoms with E-state index in [9.17, 15) is 4.79 Å². The van der Waals surface area contributed by atoms with Crippen LogP contribution in [0.5, 0.6) is 0 Å². The minimum absolute atomic E-state index is 0.164. The third-order valence-electron chi connectivity index (χ3n) is 5.78. The zero-order chi connectivity index (χ0) is 15.8. The Morgan fingerprint density at radius 2 is 1.87 bits per heavy atom. The molecule has 2 amide bonds. The zero-order valence-corrected chi connectivity index (χ0v) is 14.4. The SMILES string of the molecule is CN1CCOC(CN(CC2CC2)C(=O)NC(C2CC2)C2CC2)C1. The summed E-state index contributed by atoms with van der Waals surface area (Å²) in [6, 6.07) is 0.608. The van der Waals surface area contributed by atoms with Crippen LogP contribution in [0.1, 0.15) is 38.5 Å². The molecule has 0 aromatic heterocycles. The molecule has 3 saturated carbocycles. The van der Waals surface area contributed by atoms with Crippen LogP contribution in [0.3, 0.4) is 0 Å². The summed E-state index contributed by atoms with van der Waals surface area (Å²) in [5.41, 5.74) is 0. The van der Waals surface area contributed by atoms with Gasteiger partial charge in [0.2, 0.25) is 0 Å². The minimum Gasteiger partial charge on any atom is -0.374 e. The summed E-state index contributed by atoms with van der Waals surface area (Å²) < 4.78 is 5.89. The molecule has 4 aliphatic rings. The maximum absolute atomic E-state index is 12.9. The summed E-state index contributed by atoms with van der Waals surface area (Å²) in [6.45, 7) is 4.37. The van der Waals surface area contributed by atoms with Crippen LogP contribution in [-0.4, -0.2) is 67.8 Å². The van der Waals surface area contributed by atoms with Gasteiger partial charge in [0.25, 0.3) is 0 Å². The van der Waals surface area contributed by atoms with Gasteiger partial charge in [-0.05, 0) is 63.3 Å². The van der Waals surface area contributed by atoms with Crippen molar-refractivity contribution >= 4 is 6.03 Å².